The van der Waals surface area contributed by atoms with Gasteiger partial charge in [0.1, 0.15) is 10.9 Å². The predicted molar refractivity (Wildman–Crippen MR) is 81.5 cm³/mol. The molecule has 0 aliphatic heterocycles. The predicted octanol–water partition coefficient (Wildman–Crippen LogP) is 1.83. The average molecular weight is 320 g/mol. The highest BCUT2D eigenvalue weighted by Crippen LogP contribution is 2.21. The molecule has 116 valence electrons. The summed E-state index contributed by atoms with van der Waals surface area (Å²) in [6, 6.07) is 0.768. The molecule has 0 aliphatic rings. The van der Waals surface area contributed by atoms with Crippen LogP contribution in [0.2, 0.25) is 0 Å². The second-order valence-electron chi connectivity index (χ2n) is 4.78. The van der Waals surface area contributed by atoms with Gasteiger partial charge in [-0.2, -0.15) is 0 Å². The third-order valence-electron chi connectivity index (χ3n) is 3.25. The molecule has 2 rings (SSSR count). The number of carboxylic acids is 1. The minimum Gasteiger partial charge on any atom is -0.480 e. The van der Waals surface area contributed by atoms with Crippen LogP contribution in [-0.2, 0) is 4.79 Å². The molecule has 1 amide bonds. The Morgan fingerprint density at radius 3 is 2.59 bits per heavy atom. The van der Waals surface area contributed by atoms with Crippen LogP contribution in [0.1, 0.15) is 29.9 Å². The minimum atomic E-state index is -1.04. The Bertz CT molecular complexity index is 659. The zero-order valence-electron chi connectivity index (χ0n) is 12.2. The molecule has 2 aromatic rings. The number of nitrogens with one attached hydrogen (secondary N) is 1. The Kier molecular flexibility index (Phi) is 5.16. The van der Waals surface area contributed by atoms with Gasteiger partial charge in [-0.15, -0.1) is 11.3 Å². The van der Waals surface area contributed by atoms with Crippen molar-refractivity contribution in [1.82, 2.24) is 20.3 Å². The second-order valence-corrected chi connectivity index (χ2v) is 5.81. The summed E-state index contributed by atoms with van der Waals surface area (Å²) in [6.45, 7) is 3.67. The van der Waals surface area contributed by atoms with E-state index in [1.807, 2.05) is 6.92 Å². The number of thiazole rings is 1. The van der Waals surface area contributed by atoms with Gasteiger partial charge >= 0.3 is 5.97 Å². The fourth-order valence-corrected chi connectivity index (χ4v) is 2.55. The van der Waals surface area contributed by atoms with E-state index in [2.05, 4.69) is 20.3 Å². The van der Waals surface area contributed by atoms with Crippen molar-refractivity contribution in [3.63, 3.8) is 0 Å². The van der Waals surface area contributed by atoms with Crippen LogP contribution in [0.25, 0.3) is 10.8 Å². The molecule has 0 aliphatic carbocycles. The van der Waals surface area contributed by atoms with Gasteiger partial charge in [-0.25, -0.2) is 19.7 Å². The van der Waals surface area contributed by atoms with Gasteiger partial charge in [-0.1, -0.05) is 20.3 Å². The monoisotopic (exact) mass is 320 g/mol. The fourth-order valence-electron chi connectivity index (χ4n) is 1.79. The number of rotatable bonds is 6. The Balaban J connectivity index is 2.13. The molecule has 7 nitrogen and oxygen atoms in total. The van der Waals surface area contributed by atoms with Crippen molar-refractivity contribution in [3.8, 4) is 10.8 Å². The van der Waals surface area contributed by atoms with Crippen molar-refractivity contribution in [2.24, 2.45) is 5.92 Å². The van der Waals surface area contributed by atoms with Crippen LogP contribution in [0.3, 0.4) is 0 Å². The highest BCUT2D eigenvalue weighted by molar-refractivity contribution is 7.16. The SMILES string of the molecule is CCC(C)C(NC(=O)c1cnc(-c2ncccn2)s1)C(=O)O. The van der Waals surface area contributed by atoms with Crippen LogP contribution < -0.4 is 5.32 Å². The first-order valence-corrected chi connectivity index (χ1v) is 7.61. The number of amides is 1. The molecule has 0 bridgehead atoms. The van der Waals surface area contributed by atoms with Crippen molar-refractivity contribution < 1.29 is 14.7 Å². The lowest BCUT2D eigenvalue weighted by molar-refractivity contribution is -0.140. The molecular weight excluding hydrogens is 304 g/mol. The Hall–Kier alpha value is -2.35. The van der Waals surface area contributed by atoms with Crippen LogP contribution in [0.5, 0.6) is 0 Å². The van der Waals surface area contributed by atoms with Crippen molar-refractivity contribution in [1.29, 1.82) is 0 Å². The van der Waals surface area contributed by atoms with Gasteiger partial charge in [-0.3, -0.25) is 4.79 Å². The van der Waals surface area contributed by atoms with Gasteiger partial charge in [0, 0.05) is 12.4 Å². The molecule has 0 fully saturated rings. The third kappa shape index (κ3) is 3.64. The van der Waals surface area contributed by atoms with Gasteiger partial charge in [0.25, 0.3) is 5.91 Å². The first-order chi connectivity index (χ1) is 10.5. The van der Waals surface area contributed by atoms with Gasteiger partial charge in [-0.05, 0) is 12.0 Å². The number of nitrogens with zero attached hydrogens (tertiary/aromatic N) is 3. The van der Waals surface area contributed by atoms with E-state index in [-0.39, 0.29) is 5.92 Å². The molecule has 2 aromatic heterocycles. The molecule has 2 heterocycles. The maximum absolute atomic E-state index is 12.2. The van der Waals surface area contributed by atoms with Gasteiger partial charge in [0.15, 0.2) is 10.8 Å². The smallest absolute Gasteiger partial charge is 0.326 e. The van der Waals surface area contributed by atoms with Crippen molar-refractivity contribution in [2.75, 3.05) is 0 Å². The van der Waals surface area contributed by atoms with Crippen LogP contribution in [0.15, 0.2) is 24.7 Å². The van der Waals surface area contributed by atoms with Gasteiger partial charge in [0.2, 0.25) is 0 Å². The maximum Gasteiger partial charge on any atom is 0.326 e. The lowest BCUT2D eigenvalue weighted by Crippen LogP contribution is -2.44. The lowest BCUT2D eigenvalue weighted by atomic mass is 9.99. The Morgan fingerprint density at radius 2 is 2.00 bits per heavy atom. The number of carbonyl (C=O) groups excluding carboxylic acids is 1. The first-order valence-electron chi connectivity index (χ1n) is 6.79. The quantitative estimate of drug-likeness (QED) is 0.841. The molecule has 0 spiro atoms. The highest BCUT2D eigenvalue weighted by atomic mass is 32.1. The van der Waals surface area contributed by atoms with E-state index in [0.717, 1.165) is 11.3 Å². The van der Waals surface area contributed by atoms with E-state index < -0.39 is 17.9 Å². The summed E-state index contributed by atoms with van der Waals surface area (Å²) in [7, 11) is 0. The summed E-state index contributed by atoms with van der Waals surface area (Å²) in [5.41, 5.74) is 0. The van der Waals surface area contributed by atoms with Crippen LogP contribution in [0, 0.1) is 5.92 Å². The van der Waals surface area contributed by atoms with E-state index in [0.29, 0.717) is 22.1 Å². The largest absolute Gasteiger partial charge is 0.480 e. The summed E-state index contributed by atoms with van der Waals surface area (Å²) in [5.74, 6) is -1.22. The zero-order valence-corrected chi connectivity index (χ0v) is 13.0. The molecule has 8 heteroatoms. The number of hydrogen-bond acceptors (Lipinski definition) is 6. The number of aromatic nitrogens is 3. The average Bonchev–Trinajstić information content (AvgIpc) is 3.02. The van der Waals surface area contributed by atoms with Crippen LogP contribution >= 0.6 is 11.3 Å². The van der Waals surface area contributed by atoms with Crippen molar-refractivity contribution in [3.05, 3.63) is 29.5 Å². The van der Waals surface area contributed by atoms with E-state index in [9.17, 15) is 14.7 Å². The van der Waals surface area contributed by atoms with E-state index in [1.165, 1.54) is 6.20 Å². The molecule has 0 saturated heterocycles. The van der Waals surface area contributed by atoms with Crippen LogP contribution in [0.4, 0.5) is 0 Å². The van der Waals surface area contributed by atoms with Crippen molar-refractivity contribution >= 4 is 23.2 Å². The normalized spacial score (nSPS) is 13.4. The molecule has 2 atom stereocenters. The number of hydrogen-bond donors (Lipinski definition) is 2. The second kappa shape index (κ2) is 7.08. The molecule has 0 radical (unpaired) electrons. The maximum atomic E-state index is 12.2. The summed E-state index contributed by atoms with van der Waals surface area (Å²) in [4.78, 5) is 36.0. The minimum absolute atomic E-state index is 0.161. The van der Waals surface area contributed by atoms with E-state index in [4.69, 9.17) is 0 Å². The van der Waals surface area contributed by atoms with E-state index in [1.54, 1.807) is 25.4 Å². The number of carbonyl (C=O) groups is 2. The van der Waals surface area contributed by atoms with Gasteiger partial charge in [0.05, 0.1) is 6.20 Å². The molecule has 22 heavy (non-hydrogen) atoms. The summed E-state index contributed by atoms with van der Waals surface area (Å²) < 4.78 is 0. The lowest BCUT2D eigenvalue weighted by Gasteiger charge is -2.19. The summed E-state index contributed by atoms with van der Waals surface area (Å²) >= 11 is 1.13. The molecular formula is C14H16N4O3S. The number of carboxylic acid groups (broad SMARTS) is 1. The highest BCUT2D eigenvalue weighted by Gasteiger charge is 2.26. The summed E-state index contributed by atoms with van der Waals surface area (Å²) in [5, 5.41) is 12.3. The van der Waals surface area contributed by atoms with Crippen molar-refractivity contribution in [2.45, 2.75) is 26.3 Å². The summed E-state index contributed by atoms with van der Waals surface area (Å²) in [6.07, 6.45) is 5.24. The zero-order chi connectivity index (χ0) is 16.1. The van der Waals surface area contributed by atoms with Crippen LogP contribution in [-0.4, -0.2) is 38.0 Å². The molecule has 2 N–H and O–H groups in total. The third-order valence-corrected chi connectivity index (χ3v) is 4.24. The first kappa shape index (κ1) is 16.0. The standard InChI is InChI=1S/C14H16N4O3S/c1-3-8(2)10(14(20)21)18-12(19)9-7-17-13(22-9)11-15-5-4-6-16-11/h4-8,10H,3H2,1-2H3,(H,18,19)(H,20,21). The topological polar surface area (TPSA) is 105 Å². The van der Waals surface area contributed by atoms with E-state index >= 15 is 0 Å². The molecule has 0 aromatic carbocycles. The Morgan fingerprint density at radius 1 is 1.32 bits per heavy atom. The number of aliphatic carboxylic acids is 1. The van der Waals surface area contributed by atoms with Gasteiger partial charge < -0.3 is 10.4 Å². The molecule has 0 saturated carbocycles. The Labute approximate surface area is 131 Å². The fraction of sp³-hybridized carbons (Fsp3) is 0.357. The molecule has 2 unspecified atom stereocenters.